The number of esters is 1. The molecule has 0 atom stereocenters. The van der Waals surface area contributed by atoms with Crippen molar-refractivity contribution in [1.29, 1.82) is 0 Å². The lowest BCUT2D eigenvalue weighted by atomic mass is 9.89. The maximum atomic E-state index is 13.0. The normalized spacial score (nSPS) is 25.6. The minimum atomic E-state index is -3.90. The van der Waals surface area contributed by atoms with Crippen molar-refractivity contribution in [3.05, 3.63) is 0 Å². The Morgan fingerprint density at radius 1 is 1.35 bits per heavy atom. The van der Waals surface area contributed by atoms with E-state index in [1.165, 1.54) is 0 Å². The molecule has 0 aliphatic heterocycles. The summed E-state index contributed by atoms with van der Waals surface area (Å²) >= 11 is -0.604. The second-order valence-electron chi connectivity index (χ2n) is 4.03. The molecular weight excluding hydrogens is 258 g/mol. The molecule has 1 aliphatic rings. The molecule has 0 heterocycles. The number of carbonyl (C=O) groups is 1. The zero-order valence-corrected chi connectivity index (χ0v) is 10.0. The SMILES string of the molecule is CC1CCC(OC(=O)C(F)(F)SOOO)CC1. The zero-order chi connectivity index (χ0) is 12.9. The van der Waals surface area contributed by atoms with Crippen LogP contribution in [0.2, 0.25) is 0 Å². The summed E-state index contributed by atoms with van der Waals surface area (Å²) in [7, 11) is 0. The lowest BCUT2D eigenvalue weighted by Gasteiger charge is -2.26. The van der Waals surface area contributed by atoms with Crippen molar-refractivity contribution in [3.63, 3.8) is 0 Å². The topological polar surface area (TPSA) is 65.0 Å². The van der Waals surface area contributed by atoms with Crippen LogP contribution in [0.1, 0.15) is 32.6 Å². The van der Waals surface area contributed by atoms with Crippen LogP contribution >= 0.6 is 12.0 Å². The summed E-state index contributed by atoms with van der Waals surface area (Å²) in [5.74, 6) is -1.15. The molecule has 8 heteroatoms. The van der Waals surface area contributed by atoms with Crippen molar-refractivity contribution in [2.24, 2.45) is 5.92 Å². The summed E-state index contributed by atoms with van der Waals surface area (Å²) in [5, 5.41) is 6.84. The van der Waals surface area contributed by atoms with Crippen molar-refractivity contribution in [2.45, 2.75) is 44.0 Å². The summed E-state index contributed by atoms with van der Waals surface area (Å²) in [4.78, 5) is 11.1. The number of ether oxygens (including phenoxy) is 1. The first-order chi connectivity index (χ1) is 7.95. The smallest absolute Gasteiger partial charge is 0.415 e. The minimum Gasteiger partial charge on any atom is -0.457 e. The van der Waals surface area contributed by atoms with Crippen LogP contribution in [0.3, 0.4) is 0 Å². The van der Waals surface area contributed by atoms with E-state index in [0.29, 0.717) is 18.8 Å². The second kappa shape index (κ2) is 6.48. The summed E-state index contributed by atoms with van der Waals surface area (Å²) in [5.41, 5.74) is 0. The quantitative estimate of drug-likeness (QED) is 0.359. The van der Waals surface area contributed by atoms with Gasteiger partial charge in [-0.2, -0.15) is 8.78 Å². The number of alkyl halides is 2. The molecule has 1 N–H and O–H groups in total. The fourth-order valence-electron chi connectivity index (χ4n) is 1.66. The molecule has 5 nitrogen and oxygen atoms in total. The molecule has 0 radical (unpaired) electrons. The van der Waals surface area contributed by atoms with E-state index in [1.54, 1.807) is 0 Å². The van der Waals surface area contributed by atoms with Crippen LogP contribution in [0, 0.1) is 5.92 Å². The van der Waals surface area contributed by atoms with Gasteiger partial charge in [-0.25, -0.2) is 10.1 Å². The summed E-state index contributed by atoms with van der Waals surface area (Å²) in [6.07, 6.45) is 2.41. The van der Waals surface area contributed by atoms with Gasteiger partial charge in [-0.1, -0.05) is 12.0 Å². The molecule has 0 aromatic heterocycles. The number of halogens is 2. The van der Waals surface area contributed by atoms with E-state index in [2.05, 4.69) is 21.0 Å². The summed E-state index contributed by atoms with van der Waals surface area (Å²) < 4.78 is 34.2. The van der Waals surface area contributed by atoms with Crippen LogP contribution < -0.4 is 0 Å². The Hall–Kier alpha value is -0.440. The highest BCUT2D eigenvalue weighted by Gasteiger charge is 2.45. The molecule has 1 saturated carbocycles. The largest absolute Gasteiger partial charge is 0.457 e. The average molecular weight is 272 g/mol. The number of rotatable bonds is 5. The van der Waals surface area contributed by atoms with Gasteiger partial charge in [0.2, 0.25) is 0 Å². The van der Waals surface area contributed by atoms with E-state index in [1.807, 2.05) is 0 Å². The highest BCUT2D eigenvalue weighted by molar-refractivity contribution is 7.96. The van der Waals surface area contributed by atoms with Crippen molar-refractivity contribution in [3.8, 4) is 0 Å². The van der Waals surface area contributed by atoms with Gasteiger partial charge in [-0.3, -0.25) is 0 Å². The third-order valence-electron chi connectivity index (χ3n) is 2.64. The first kappa shape index (κ1) is 14.6. The van der Waals surface area contributed by atoms with Crippen LogP contribution in [0.5, 0.6) is 0 Å². The molecular formula is C9H14F2O5S. The Bertz CT molecular complexity index is 256. The van der Waals surface area contributed by atoms with Crippen LogP contribution in [0.25, 0.3) is 0 Å². The minimum absolute atomic E-state index is 0.472. The molecule has 0 saturated heterocycles. The van der Waals surface area contributed by atoms with E-state index in [-0.39, 0.29) is 0 Å². The van der Waals surface area contributed by atoms with Crippen LogP contribution in [0.15, 0.2) is 0 Å². The van der Waals surface area contributed by atoms with Crippen molar-refractivity contribution < 1.29 is 32.9 Å². The van der Waals surface area contributed by atoms with Gasteiger partial charge in [0, 0.05) is 0 Å². The molecule has 0 bridgehead atoms. The predicted molar refractivity (Wildman–Crippen MR) is 54.8 cm³/mol. The molecule has 0 unspecified atom stereocenters. The highest BCUT2D eigenvalue weighted by Crippen LogP contribution is 2.33. The van der Waals surface area contributed by atoms with Gasteiger partial charge < -0.3 is 4.74 Å². The van der Waals surface area contributed by atoms with Gasteiger partial charge in [0.25, 0.3) is 0 Å². The molecule has 1 rings (SSSR count). The predicted octanol–water partition coefficient (Wildman–Crippen LogP) is 2.77. The second-order valence-corrected chi connectivity index (χ2v) is 4.85. The molecule has 0 amide bonds. The first-order valence-electron chi connectivity index (χ1n) is 5.20. The van der Waals surface area contributed by atoms with E-state index < -0.39 is 29.4 Å². The molecule has 0 aromatic carbocycles. The Labute approximate surface area is 101 Å². The average Bonchev–Trinajstić information content (AvgIpc) is 2.29. The number of hydrogen-bond acceptors (Lipinski definition) is 6. The van der Waals surface area contributed by atoms with Crippen molar-refractivity contribution in [2.75, 3.05) is 0 Å². The summed E-state index contributed by atoms with van der Waals surface area (Å²) in [6.45, 7) is 2.06. The molecule has 0 aromatic rings. The third-order valence-corrected chi connectivity index (χ3v) is 3.15. The third kappa shape index (κ3) is 4.74. The van der Waals surface area contributed by atoms with Crippen LogP contribution in [-0.4, -0.2) is 22.6 Å². The van der Waals surface area contributed by atoms with Gasteiger partial charge in [0.05, 0.1) is 0 Å². The Kier molecular flexibility index (Phi) is 5.57. The van der Waals surface area contributed by atoms with E-state index in [4.69, 9.17) is 5.26 Å². The molecule has 1 aliphatic carbocycles. The van der Waals surface area contributed by atoms with E-state index >= 15 is 0 Å². The Morgan fingerprint density at radius 3 is 2.47 bits per heavy atom. The van der Waals surface area contributed by atoms with Gasteiger partial charge >= 0.3 is 11.2 Å². The first-order valence-corrected chi connectivity index (χ1v) is 5.94. The molecule has 1 fully saturated rings. The van der Waals surface area contributed by atoms with Gasteiger partial charge in [0.15, 0.2) is 0 Å². The lowest BCUT2D eigenvalue weighted by molar-refractivity contribution is -0.433. The maximum Gasteiger partial charge on any atom is 0.415 e. The monoisotopic (exact) mass is 272 g/mol. The van der Waals surface area contributed by atoms with Gasteiger partial charge in [0.1, 0.15) is 18.1 Å². The van der Waals surface area contributed by atoms with Crippen molar-refractivity contribution >= 4 is 18.0 Å². The van der Waals surface area contributed by atoms with E-state index in [0.717, 1.165) is 12.8 Å². The standard InChI is InChI=1S/C9H14F2O5S/c1-6-2-4-7(5-3-6)14-8(12)9(10,11)17-16-15-13/h6-7,13H,2-5H2,1H3. The maximum absolute atomic E-state index is 13.0. The van der Waals surface area contributed by atoms with Gasteiger partial charge in [-0.05, 0) is 31.6 Å². The van der Waals surface area contributed by atoms with Crippen molar-refractivity contribution in [1.82, 2.24) is 0 Å². The Morgan fingerprint density at radius 2 is 1.94 bits per heavy atom. The fourth-order valence-corrected chi connectivity index (χ4v) is 1.89. The molecule has 100 valence electrons. The van der Waals surface area contributed by atoms with Gasteiger partial charge in [-0.15, -0.1) is 4.33 Å². The lowest BCUT2D eigenvalue weighted by Crippen LogP contribution is -2.33. The Balaban J connectivity index is 2.37. The van der Waals surface area contributed by atoms with Crippen LogP contribution in [0.4, 0.5) is 8.78 Å². The number of hydrogen-bond donors (Lipinski definition) is 1. The highest BCUT2D eigenvalue weighted by atomic mass is 32.2. The molecule has 0 spiro atoms. The van der Waals surface area contributed by atoms with E-state index in [9.17, 15) is 13.6 Å². The fraction of sp³-hybridized carbons (Fsp3) is 0.889. The zero-order valence-electron chi connectivity index (χ0n) is 9.23. The van der Waals surface area contributed by atoms with Crippen LogP contribution in [-0.2, 0) is 18.9 Å². The molecule has 17 heavy (non-hydrogen) atoms. The number of carbonyl (C=O) groups excluding carboxylic acids is 1. The summed E-state index contributed by atoms with van der Waals surface area (Å²) in [6, 6.07) is 0.